The summed E-state index contributed by atoms with van der Waals surface area (Å²) in [6, 6.07) is 24.9. The second-order valence-electron chi connectivity index (χ2n) is 7.44. The molecule has 0 bridgehead atoms. The number of aromatic nitrogens is 3. The van der Waals surface area contributed by atoms with Gasteiger partial charge in [-0.05, 0) is 37.3 Å². The van der Waals surface area contributed by atoms with Crippen molar-refractivity contribution in [3.8, 4) is 28.7 Å². The predicted octanol–water partition coefficient (Wildman–Crippen LogP) is 5.40. The number of anilines is 1. The van der Waals surface area contributed by atoms with E-state index in [1.54, 1.807) is 0 Å². The van der Waals surface area contributed by atoms with Crippen LogP contribution in [0.5, 0.6) is 5.75 Å². The lowest BCUT2D eigenvalue weighted by molar-refractivity contribution is -0.116. The van der Waals surface area contributed by atoms with Gasteiger partial charge in [0.25, 0.3) is 0 Å². The van der Waals surface area contributed by atoms with E-state index in [0.29, 0.717) is 29.8 Å². The summed E-state index contributed by atoms with van der Waals surface area (Å²) in [6.45, 7) is 2.56. The lowest BCUT2D eigenvalue weighted by atomic mass is 10.2. The number of ether oxygens (including phenoxy) is 1. The summed E-state index contributed by atoms with van der Waals surface area (Å²) in [5.41, 5.74) is 3.18. The number of hydrogen-bond acceptors (Lipinski definition) is 5. The number of carbonyl (C=O) groups is 1. The average Bonchev–Trinajstić information content (AvgIpc) is 3.47. The first kappa shape index (κ1) is 20.5. The van der Waals surface area contributed by atoms with Crippen LogP contribution in [0.25, 0.3) is 33.8 Å². The Balaban J connectivity index is 1.44. The zero-order valence-electron chi connectivity index (χ0n) is 18.1. The molecule has 2 aromatic heterocycles. The third kappa shape index (κ3) is 4.21. The van der Waals surface area contributed by atoms with E-state index in [4.69, 9.17) is 9.15 Å². The van der Waals surface area contributed by atoms with Gasteiger partial charge in [-0.25, -0.2) is 0 Å². The highest BCUT2D eigenvalue weighted by Crippen LogP contribution is 2.32. The smallest absolute Gasteiger partial charge is 0.250 e. The van der Waals surface area contributed by atoms with E-state index in [-0.39, 0.29) is 12.5 Å². The van der Waals surface area contributed by atoms with Crippen molar-refractivity contribution < 1.29 is 13.9 Å². The Kier molecular flexibility index (Phi) is 5.59. The number of fused-ring (bicyclic) bond motifs is 1. The molecule has 0 spiro atoms. The molecule has 7 nitrogen and oxygen atoms in total. The zero-order valence-corrected chi connectivity index (χ0v) is 18.1. The molecule has 0 aliphatic heterocycles. The van der Waals surface area contributed by atoms with Crippen LogP contribution in [-0.4, -0.2) is 27.3 Å². The Morgan fingerprint density at radius 3 is 2.52 bits per heavy atom. The van der Waals surface area contributed by atoms with Gasteiger partial charge in [0.15, 0.2) is 0 Å². The molecule has 0 fully saturated rings. The van der Waals surface area contributed by atoms with E-state index in [9.17, 15) is 4.79 Å². The minimum Gasteiger partial charge on any atom is -0.492 e. The summed E-state index contributed by atoms with van der Waals surface area (Å²) in [5.74, 6) is 1.34. The summed E-state index contributed by atoms with van der Waals surface area (Å²) in [4.78, 5) is 12.9. The molecule has 0 atom stereocenters. The first-order valence-corrected chi connectivity index (χ1v) is 10.7. The van der Waals surface area contributed by atoms with Crippen LogP contribution in [-0.2, 0) is 11.3 Å². The summed E-state index contributed by atoms with van der Waals surface area (Å²) in [7, 11) is 0. The molecular formula is C26H22N4O3. The molecule has 1 N–H and O–H groups in total. The second kappa shape index (κ2) is 9.00. The topological polar surface area (TPSA) is 82.2 Å². The highest BCUT2D eigenvalue weighted by Gasteiger charge is 2.18. The van der Waals surface area contributed by atoms with Crippen LogP contribution in [0.1, 0.15) is 6.92 Å². The largest absolute Gasteiger partial charge is 0.492 e. The van der Waals surface area contributed by atoms with E-state index in [0.717, 1.165) is 22.0 Å². The number of para-hydroxylation sites is 3. The van der Waals surface area contributed by atoms with Crippen molar-refractivity contribution in [3.63, 3.8) is 0 Å². The van der Waals surface area contributed by atoms with Crippen molar-refractivity contribution in [1.82, 2.24) is 14.8 Å². The SMILES string of the molecule is CCOc1ccccc1NC(=O)Cn1cc(-c2nnc(-c3ccccc3)o2)c2ccccc21. The van der Waals surface area contributed by atoms with Crippen molar-refractivity contribution in [2.24, 2.45) is 0 Å². The number of carbonyl (C=O) groups excluding carboxylic acids is 1. The van der Waals surface area contributed by atoms with Gasteiger partial charge >= 0.3 is 0 Å². The summed E-state index contributed by atoms with van der Waals surface area (Å²) in [5, 5.41) is 12.3. The first-order valence-electron chi connectivity index (χ1n) is 10.7. The van der Waals surface area contributed by atoms with Crippen molar-refractivity contribution >= 4 is 22.5 Å². The molecule has 3 aromatic carbocycles. The number of benzene rings is 3. The van der Waals surface area contributed by atoms with E-state index in [2.05, 4.69) is 15.5 Å². The van der Waals surface area contributed by atoms with Crippen LogP contribution >= 0.6 is 0 Å². The van der Waals surface area contributed by atoms with E-state index < -0.39 is 0 Å². The molecule has 1 amide bonds. The fraction of sp³-hybridized carbons (Fsp3) is 0.115. The molecule has 0 aliphatic carbocycles. The van der Waals surface area contributed by atoms with Gasteiger partial charge < -0.3 is 19.0 Å². The van der Waals surface area contributed by atoms with Gasteiger partial charge in [0.1, 0.15) is 12.3 Å². The highest BCUT2D eigenvalue weighted by atomic mass is 16.5. The van der Waals surface area contributed by atoms with Gasteiger partial charge in [0.05, 0.1) is 17.9 Å². The van der Waals surface area contributed by atoms with E-state index in [1.165, 1.54) is 0 Å². The Labute approximate surface area is 190 Å². The molecule has 0 aliphatic rings. The maximum absolute atomic E-state index is 12.9. The first-order chi connectivity index (χ1) is 16.2. The average molecular weight is 438 g/mol. The van der Waals surface area contributed by atoms with Crippen molar-refractivity contribution in [3.05, 3.63) is 85.1 Å². The lowest BCUT2D eigenvalue weighted by Gasteiger charge is -2.12. The fourth-order valence-corrected chi connectivity index (χ4v) is 3.77. The van der Waals surface area contributed by atoms with Crippen LogP contribution < -0.4 is 10.1 Å². The van der Waals surface area contributed by atoms with Crippen molar-refractivity contribution in [2.75, 3.05) is 11.9 Å². The normalized spacial score (nSPS) is 10.9. The summed E-state index contributed by atoms with van der Waals surface area (Å²) in [6.07, 6.45) is 1.88. The molecule has 164 valence electrons. The summed E-state index contributed by atoms with van der Waals surface area (Å²) < 4.78 is 13.5. The third-order valence-corrected chi connectivity index (χ3v) is 5.24. The number of rotatable bonds is 7. The quantitative estimate of drug-likeness (QED) is 0.368. The van der Waals surface area contributed by atoms with Crippen molar-refractivity contribution in [1.29, 1.82) is 0 Å². The van der Waals surface area contributed by atoms with Crippen LogP contribution in [0.3, 0.4) is 0 Å². The molecular weight excluding hydrogens is 416 g/mol. The maximum atomic E-state index is 12.9. The Bertz CT molecular complexity index is 1410. The van der Waals surface area contributed by atoms with E-state index >= 15 is 0 Å². The molecule has 0 radical (unpaired) electrons. The van der Waals surface area contributed by atoms with Gasteiger partial charge in [-0.1, -0.05) is 48.5 Å². The van der Waals surface area contributed by atoms with Gasteiger partial charge in [-0.3, -0.25) is 4.79 Å². The molecule has 7 heteroatoms. The van der Waals surface area contributed by atoms with Crippen LogP contribution in [0.4, 0.5) is 5.69 Å². The Morgan fingerprint density at radius 2 is 1.67 bits per heavy atom. The number of nitrogens with zero attached hydrogens (tertiary/aromatic N) is 3. The maximum Gasteiger partial charge on any atom is 0.250 e. The van der Waals surface area contributed by atoms with Gasteiger partial charge in [0.2, 0.25) is 17.7 Å². The van der Waals surface area contributed by atoms with Crippen LogP contribution in [0, 0.1) is 0 Å². The third-order valence-electron chi connectivity index (χ3n) is 5.24. The Morgan fingerprint density at radius 1 is 0.939 bits per heavy atom. The van der Waals surface area contributed by atoms with Crippen molar-refractivity contribution in [2.45, 2.75) is 13.5 Å². The van der Waals surface area contributed by atoms with E-state index in [1.807, 2.05) is 96.6 Å². The number of nitrogens with one attached hydrogen (secondary N) is 1. The highest BCUT2D eigenvalue weighted by molar-refractivity contribution is 5.97. The second-order valence-corrected chi connectivity index (χ2v) is 7.44. The molecule has 0 saturated carbocycles. The minimum absolute atomic E-state index is 0.126. The van der Waals surface area contributed by atoms with Crippen LogP contribution in [0.15, 0.2) is 89.5 Å². The molecule has 2 heterocycles. The summed E-state index contributed by atoms with van der Waals surface area (Å²) >= 11 is 0. The number of amides is 1. The monoisotopic (exact) mass is 438 g/mol. The van der Waals surface area contributed by atoms with Gasteiger partial charge in [-0.15, -0.1) is 10.2 Å². The lowest BCUT2D eigenvalue weighted by Crippen LogP contribution is -2.18. The molecule has 5 rings (SSSR count). The molecule has 0 unspecified atom stereocenters. The van der Waals surface area contributed by atoms with Crippen LogP contribution in [0.2, 0.25) is 0 Å². The van der Waals surface area contributed by atoms with Gasteiger partial charge in [0, 0.05) is 22.7 Å². The minimum atomic E-state index is -0.162. The predicted molar refractivity (Wildman–Crippen MR) is 127 cm³/mol. The fourth-order valence-electron chi connectivity index (χ4n) is 3.77. The zero-order chi connectivity index (χ0) is 22.6. The molecule has 5 aromatic rings. The molecule has 33 heavy (non-hydrogen) atoms. The standard InChI is InChI=1S/C26H22N4O3/c1-2-32-23-15-9-7-13-21(23)27-24(31)17-30-16-20(19-12-6-8-14-22(19)30)26-29-28-25(33-26)18-10-4-3-5-11-18/h3-16H,2,17H2,1H3,(H,27,31). The number of hydrogen-bond donors (Lipinski definition) is 1. The molecule has 0 saturated heterocycles. The van der Waals surface area contributed by atoms with Gasteiger partial charge in [-0.2, -0.15) is 0 Å². The Hall–Kier alpha value is -4.39.